The van der Waals surface area contributed by atoms with Gasteiger partial charge in [0, 0.05) is 31.0 Å². The normalized spacial score (nSPS) is 10.9. The minimum atomic E-state index is -0.143. The third kappa shape index (κ3) is 4.74. The number of aromatic amines is 1. The van der Waals surface area contributed by atoms with E-state index in [1.165, 1.54) is 0 Å². The first-order chi connectivity index (χ1) is 13.1. The van der Waals surface area contributed by atoms with Gasteiger partial charge in [0.15, 0.2) is 0 Å². The van der Waals surface area contributed by atoms with Crippen molar-refractivity contribution in [3.63, 3.8) is 0 Å². The van der Waals surface area contributed by atoms with E-state index in [4.69, 9.17) is 11.6 Å². The quantitative estimate of drug-likeness (QED) is 0.671. The van der Waals surface area contributed by atoms with Crippen molar-refractivity contribution in [3.8, 4) is 0 Å². The van der Waals surface area contributed by atoms with Crippen molar-refractivity contribution >= 4 is 28.4 Å². The number of aryl methyl sites for hydroxylation is 1. The van der Waals surface area contributed by atoms with Crippen LogP contribution in [-0.2, 0) is 17.8 Å². The summed E-state index contributed by atoms with van der Waals surface area (Å²) >= 11 is 6.20. The molecule has 0 bridgehead atoms. The van der Waals surface area contributed by atoms with Crippen LogP contribution >= 0.6 is 11.6 Å². The van der Waals surface area contributed by atoms with Crippen LogP contribution in [0.5, 0.6) is 0 Å². The molecule has 5 nitrogen and oxygen atoms in total. The van der Waals surface area contributed by atoms with Crippen LogP contribution < -0.4 is 5.56 Å². The number of benzene rings is 2. The van der Waals surface area contributed by atoms with Gasteiger partial charge in [0.25, 0.3) is 5.56 Å². The van der Waals surface area contributed by atoms with Crippen LogP contribution in [-0.4, -0.2) is 27.3 Å². The third-order valence-electron chi connectivity index (χ3n) is 4.52. The maximum Gasteiger partial charge on any atom is 0.258 e. The van der Waals surface area contributed by atoms with Crippen LogP contribution in [0.4, 0.5) is 0 Å². The number of aromatic nitrogens is 2. The summed E-state index contributed by atoms with van der Waals surface area (Å²) in [6.45, 7) is 3.08. The lowest BCUT2D eigenvalue weighted by molar-refractivity contribution is -0.131. The number of hydrogen-bond acceptors (Lipinski definition) is 3. The number of halogens is 1. The highest BCUT2D eigenvalue weighted by atomic mass is 35.5. The van der Waals surface area contributed by atoms with Gasteiger partial charge in [-0.15, -0.1) is 0 Å². The van der Waals surface area contributed by atoms with E-state index >= 15 is 0 Å². The van der Waals surface area contributed by atoms with Crippen LogP contribution in [0.2, 0.25) is 5.02 Å². The summed E-state index contributed by atoms with van der Waals surface area (Å²) in [6, 6.07) is 14.8. The molecule has 0 saturated carbocycles. The number of nitrogens with one attached hydrogen (secondary N) is 1. The average Bonchev–Trinajstić information content (AvgIpc) is 2.67. The zero-order chi connectivity index (χ0) is 19.2. The van der Waals surface area contributed by atoms with Crippen LogP contribution in [0.3, 0.4) is 0 Å². The zero-order valence-corrected chi connectivity index (χ0v) is 16.0. The van der Waals surface area contributed by atoms with Gasteiger partial charge in [-0.2, -0.15) is 0 Å². The average molecular weight is 384 g/mol. The predicted octanol–water partition coefficient (Wildman–Crippen LogP) is 3.95. The van der Waals surface area contributed by atoms with Gasteiger partial charge in [-0.05, 0) is 37.1 Å². The highest BCUT2D eigenvalue weighted by Gasteiger charge is 2.14. The molecule has 140 valence electrons. The molecule has 1 heterocycles. The second kappa shape index (κ2) is 8.82. The molecule has 0 radical (unpaired) electrons. The van der Waals surface area contributed by atoms with Gasteiger partial charge in [-0.3, -0.25) is 9.59 Å². The summed E-state index contributed by atoms with van der Waals surface area (Å²) in [4.78, 5) is 33.7. The van der Waals surface area contributed by atoms with Crippen molar-refractivity contribution in [1.82, 2.24) is 14.9 Å². The number of carbonyl (C=O) groups is 1. The van der Waals surface area contributed by atoms with Gasteiger partial charge in [-0.25, -0.2) is 4.98 Å². The van der Waals surface area contributed by atoms with E-state index in [1.54, 1.807) is 11.0 Å². The Hall–Kier alpha value is -2.66. The minimum Gasteiger partial charge on any atom is -0.339 e. The molecule has 0 fully saturated rings. The first-order valence-corrected chi connectivity index (χ1v) is 9.45. The number of amides is 1. The molecule has 1 amide bonds. The van der Waals surface area contributed by atoms with E-state index in [1.807, 2.05) is 49.4 Å². The largest absolute Gasteiger partial charge is 0.339 e. The van der Waals surface area contributed by atoms with E-state index in [2.05, 4.69) is 9.97 Å². The molecule has 1 N–H and O–H groups in total. The molecule has 0 atom stereocenters. The maximum atomic E-state index is 12.5. The Balaban J connectivity index is 1.60. The van der Waals surface area contributed by atoms with Crippen molar-refractivity contribution in [3.05, 3.63) is 75.3 Å². The number of rotatable bonds is 7. The molecule has 0 saturated heterocycles. The van der Waals surface area contributed by atoms with Crippen molar-refractivity contribution in [1.29, 1.82) is 0 Å². The Morgan fingerprint density at radius 3 is 2.67 bits per heavy atom. The van der Waals surface area contributed by atoms with Crippen LogP contribution in [0.25, 0.3) is 10.9 Å². The summed E-state index contributed by atoms with van der Waals surface area (Å²) in [5.74, 6) is 0.682. The second-order valence-electron chi connectivity index (χ2n) is 6.38. The molecule has 0 aliphatic heterocycles. The standard InChI is InChI=1S/C21H22ClN3O2/c1-2-25(14-15-8-3-5-10-17(15)22)20(26)13-7-12-19-23-18-11-6-4-9-16(18)21(27)24-19/h3-6,8-11H,2,7,12-14H2,1H3,(H,23,24,27). The molecule has 3 aromatic rings. The fourth-order valence-corrected chi connectivity index (χ4v) is 3.22. The summed E-state index contributed by atoms with van der Waals surface area (Å²) in [5, 5.41) is 1.25. The van der Waals surface area contributed by atoms with Gasteiger partial charge in [0.2, 0.25) is 5.91 Å². The molecule has 1 aromatic heterocycles. The first kappa shape index (κ1) is 19.1. The number of nitrogens with zero attached hydrogens (tertiary/aromatic N) is 2. The third-order valence-corrected chi connectivity index (χ3v) is 4.89. The van der Waals surface area contributed by atoms with Gasteiger partial charge >= 0.3 is 0 Å². The van der Waals surface area contributed by atoms with Crippen molar-refractivity contribution in [2.45, 2.75) is 32.7 Å². The molecule has 6 heteroatoms. The fourth-order valence-electron chi connectivity index (χ4n) is 3.03. The molecule has 2 aromatic carbocycles. The Labute approximate surface area is 163 Å². The highest BCUT2D eigenvalue weighted by molar-refractivity contribution is 6.31. The highest BCUT2D eigenvalue weighted by Crippen LogP contribution is 2.17. The second-order valence-corrected chi connectivity index (χ2v) is 6.79. The number of hydrogen-bond donors (Lipinski definition) is 1. The summed E-state index contributed by atoms with van der Waals surface area (Å²) in [6.07, 6.45) is 1.57. The van der Waals surface area contributed by atoms with Gasteiger partial charge in [-0.1, -0.05) is 41.9 Å². The van der Waals surface area contributed by atoms with Crippen molar-refractivity contribution in [2.75, 3.05) is 6.54 Å². The zero-order valence-electron chi connectivity index (χ0n) is 15.2. The van der Waals surface area contributed by atoms with Crippen LogP contribution in [0.15, 0.2) is 53.3 Å². The smallest absolute Gasteiger partial charge is 0.258 e. The topological polar surface area (TPSA) is 66.1 Å². The van der Waals surface area contributed by atoms with E-state index in [0.717, 1.165) is 5.56 Å². The van der Waals surface area contributed by atoms with Crippen molar-refractivity contribution < 1.29 is 4.79 Å². The maximum absolute atomic E-state index is 12.5. The molecule has 0 aliphatic carbocycles. The SMILES string of the molecule is CCN(Cc1ccccc1Cl)C(=O)CCCc1nc2ccccc2c(=O)[nH]1. The molecular weight excluding hydrogens is 362 g/mol. The molecule has 0 aliphatic rings. The molecule has 27 heavy (non-hydrogen) atoms. The van der Waals surface area contributed by atoms with Gasteiger partial charge < -0.3 is 9.88 Å². The van der Waals surface area contributed by atoms with Gasteiger partial charge in [0.1, 0.15) is 5.82 Å². The van der Waals surface area contributed by atoms with E-state index < -0.39 is 0 Å². The number of fused-ring (bicyclic) bond motifs is 1. The Morgan fingerprint density at radius 1 is 1.15 bits per heavy atom. The lowest BCUT2D eigenvalue weighted by Crippen LogP contribution is -2.30. The van der Waals surface area contributed by atoms with Crippen LogP contribution in [0.1, 0.15) is 31.2 Å². The Morgan fingerprint density at radius 2 is 1.89 bits per heavy atom. The molecular formula is C21H22ClN3O2. The summed E-state index contributed by atoms with van der Waals surface area (Å²) in [5.41, 5.74) is 1.47. The van der Waals surface area contributed by atoms with E-state index in [-0.39, 0.29) is 11.5 Å². The minimum absolute atomic E-state index is 0.0700. The van der Waals surface area contributed by atoms with Crippen molar-refractivity contribution in [2.24, 2.45) is 0 Å². The fraction of sp³-hybridized carbons (Fsp3) is 0.286. The number of para-hydroxylation sites is 1. The van der Waals surface area contributed by atoms with E-state index in [9.17, 15) is 9.59 Å². The van der Waals surface area contributed by atoms with Crippen LogP contribution in [0, 0.1) is 0 Å². The lowest BCUT2D eigenvalue weighted by atomic mass is 10.1. The molecule has 3 rings (SSSR count). The Kier molecular flexibility index (Phi) is 6.24. The predicted molar refractivity (Wildman–Crippen MR) is 108 cm³/mol. The summed E-state index contributed by atoms with van der Waals surface area (Å²) in [7, 11) is 0. The van der Waals surface area contributed by atoms with E-state index in [0.29, 0.717) is 54.1 Å². The molecule has 0 spiro atoms. The lowest BCUT2D eigenvalue weighted by Gasteiger charge is -2.21. The summed E-state index contributed by atoms with van der Waals surface area (Å²) < 4.78 is 0. The number of H-pyrrole nitrogens is 1. The molecule has 0 unspecified atom stereocenters. The Bertz CT molecular complexity index is 1000. The van der Waals surface area contributed by atoms with Gasteiger partial charge in [0.05, 0.1) is 10.9 Å². The first-order valence-electron chi connectivity index (χ1n) is 9.07. The monoisotopic (exact) mass is 383 g/mol. The number of carbonyl (C=O) groups excluding carboxylic acids is 1.